The van der Waals surface area contributed by atoms with E-state index in [9.17, 15) is 0 Å². The van der Waals surface area contributed by atoms with Gasteiger partial charge in [-0.2, -0.15) is 0 Å². The quantitative estimate of drug-likeness (QED) is 0.186. The fraction of sp³-hybridized carbons (Fsp3) is 0. The van der Waals surface area contributed by atoms with Crippen LogP contribution >= 0.6 is 22.7 Å². The molecule has 48 heavy (non-hydrogen) atoms. The molecular formula is C43H26N2OS2. The third-order valence-electron chi connectivity index (χ3n) is 9.11. The van der Waals surface area contributed by atoms with Crippen molar-refractivity contribution in [2.75, 3.05) is 4.90 Å². The number of nitrogens with zero attached hydrogens (tertiary/aromatic N) is 2. The van der Waals surface area contributed by atoms with Gasteiger partial charge in [0.1, 0.15) is 10.6 Å². The lowest BCUT2D eigenvalue weighted by molar-refractivity contribution is 0.669. The Morgan fingerprint density at radius 3 is 2.04 bits per heavy atom. The third kappa shape index (κ3) is 4.36. The van der Waals surface area contributed by atoms with Crippen LogP contribution < -0.4 is 4.90 Å². The highest BCUT2D eigenvalue weighted by molar-refractivity contribution is 7.28. The fourth-order valence-electron chi connectivity index (χ4n) is 6.85. The van der Waals surface area contributed by atoms with Gasteiger partial charge in [0.15, 0.2) is 5.58 Å². The molecule has 226 valence electrons. The Hall–Kier alpha value is -5.75. The van der Waals surface area contributed by atoms with Crippen molar-refractivity contribution < 1.29 is 4.42 Å². The normalized spacial score (nSPS) is 11.8. The minimum Gasteiger partial charge on any atom is -0.454 e. The maximum atomic E-state index is 6.58. The Morgan fingerprint density at radius 2 is 1.21 bits per heavy atom. The van der Waals surface area contributed by atoms with Gasteiger partial charge in [0.25, 0.3) is 0 Å². The van der Waals surface area contributed by atoms with Crippen LogP contribution in [0.5, 0.6) is 0 Å². The van der Waals surface area contributed by atoms with E-state index in [2.05, 4.69) is 150 Å². The zero-order valence-corrected chi connectivity index (χ0v) is 27.3. The Balaban J connectivity index is 1.17. The number of hydrogen-bond donors (Lipinski definition) is 0. The molecule has 0 fully saturated rings. The molecule has 7 aromatic carbocycles. The summed E-state index contributed by atoms with van der Waals surface area (Å²) >= 11 is 3.62. The van der Waals surface area contributed by atoms with E-state index in [1.54, 1.807) is 11.3 Å². The molecule has 3 aromatic heterocycles. The SMILES string of the molecule is c1ccc(-c2ccc(N(c3ccc4c(c3)sc3ccc5nc(-c6ccccc6)sc5c34)c3cccc4c3oc3ccccc34)cc2)cc1. The highest BCUT2D eigenvalue weighted by Gasteiger charge is 2.21. The number of benzene rings is 7. The molecule has 0 radical (unpaired) electrons. The minimum atomic E-state index is 0.877. The molecule has 10 aromatic rings. The number of anilines is 3. The van der Waals surface area contributed by atoms with Crippen LogP contribution in [0.3, 0.4) is 0 Å². The number of thiophene rings is 1. The van der Waals surface area contributed by atoms with Crippen molar-refractivity contribution in [1.29, 1.82) is 0 Å². The molecule has 3 nitrogen and oxygen atoms in total. The summed E-state index contributed by atoms with van der Waals surface area (Å²) in [5.74, 6) is 0. The van der Waals surface area contributed by atoms with Gasteiger partial charge < -0.3 is 9.32 Å². The first-order chi connectivity index (χ1) is 23.8. The van der Waals surface area contributed by atoms with Gasteiger partial charge in [0, 0.05) is 47.9 Å². The maximum Gasteiger partial charge on any atom is 0.159 e. The van der Waals surface area contributed by atoms with Gasteiger partial charge >= 0.3 is 0 Å². The molecule has 10 rings (SSSR count). The van der Waals surface area contributed by atoms with Gasteiger partial charge in [-0.25, -0.2) is 4.98 Å². The summed E-state index contributed by atoms with van der Waals surface area (Å²) in [6.45, 7) is 0. The van der Waals surface area contributed by atoms with Crippen LogP contribution in [0, 0.1) is 0 Å². The number of furan rings is 1. The number of aromatic nitrogens is 1. The Bertz CT molecular complexity index is 2780. The van der Waals surface area contributed by atoms with Crippen LogP contribution in [0.2, 0.25) is 0 Å². The van der Waals surface area contributed by atoms with Crippen molar-refractivity contribution in [3.8, 4) is 21.7 Å². The zero-order chi connectivity index (χ0) is 31.6. The highest BCUT2D eigenvalue weighted by Crippen LogP contribution is 2.46. The van der Waals surface area contributed by atoms with E-state index < -0.39 is 0 Å². The van der Waals surface area contributed by atoms with Gasteiger partial charge in [0.05, 0.1) is 15.9 Å². The molecule has 0 N–H and O–H groups in total. The molecule has 0 bridgehead atoms. The largest absolute Gasteiger partial charge is 0.454 e. The van der Waals surface area contributed by atoms with Crippen molar-refractivity contribution in [2.24, 2.45) is 0 Å². The first-order valence-electron chi connectivity index (χ1n) is 16.0. The summed E-state index contributed by atoms with van der Waals surface area (Å²) in [5.41, 5.74) is 9.52. The van der Waals surface area contributed by atoms with Crippen LogP contribution in [0.15, 0.2) is 162 Å². The molecule has 0 unspecified atom stereocenters. The summed E-state index contributed by atoms with van der Waals surface area (Å²) < 4.78 is 10.3. The first kappa shape index (κ1) is 27.4. The van der Waals surface area contributed by atoms with Crippen LogP contribution in [0.25, 0.3) is 74.0 Å². The summed E-state index contributed by atoms with van der Waals surface area (Å²) in [5, 5.41) is 5.83. The molecule has 0 aliphatic heterocycles. The van der Waals surface area contributed by atoms with Crippen molar-refractivity contribution in [3.63, 3.8) is 0 Å². The van der Waals surface area contributed by atoms with E-state index >= 15 is 0 Å². The monoisotopic (exact) mass is 650 g/mol. The van der Waals surface area contributed by atoms with E-state index in [1.165, 1.54) is 36.0 Å². The molecular weight excluding hydrogens is 625 g/mol. The number of para-hydroxylation sites is 2. The fourth-order valence-corrected chi connectivity index (χ4v) is 9.19. The van der Waals surface area contributed by atoms with E-state index in [0.717, 1.165) is 55.1 Å². The Morgan fingerprint density at radius 1 is 0.500 bits per heavy atom. The van der Waals surface area contributed by atoms with Gasteiger partial charge in [-0.3, -0.25) is 0 Å². The molecule has 3 heterocycles. The highest BCUT2D eigenvalue weighted by atomic mass is 32.1. The number of rotatable bonds is 5. The third-order valence-corrected chi connectivity index (χ3v) is 11.4. The lowest BCUT2D eigenvalue weighted by atomic mass is 10.0. The van der Waals surface area contributed by atoms with Gasteiger partial charge in [-0.05, 0) is 59.7 Å². The smallest absolute Gasteiger partial charge is 0.159 e. The number of fused-ring (bicyclic) bond motifs is 8. The van der Waals surface area contributed by atoms with Crippen LogP contribution in [-0.4, -0.2) is 4.98 Å². The van der Waals surface area contributed by atoms with Crippen molar-refractivity contribution in [1.82, 2.24) is 4.98 Å². The van der Waals surface area contributed by atoms with Crippen molar-refractivity contribution in [3.05, 3.63) is 158 Å². The molecule has 0 aliphatic carbocycles. The predicted molar refractivity (Wildman–Crippen MR) is 205 cm³/mol. The van der Waals surface area contributed by atoms with E-state index in [0.29, 0.717) is 0 Å². The molecule has 0 spiro atoms. The summed E-state index contributed by atoms with van der Waals surface area (Å²) in [7, 11) is 0. The lowest BCUT2D eigenvalue weighted by Crippen LogP contribution is -2.10. The average molecular weight is 651 g/mol. The summed E-state index contributed by atoms with van der Waals surface area (Å²) in [6, 6.07) is 55.8. The molecule has 0 saturated heterocycles. The second-order valence-electron chi connectivity index (χ2n) is 12.0. The number of hydrogen-bond acceptors (Lipinski definition) is 5. The van der Waals surface area contributed by atoms with Crippen molar-refractivity contribution >= 4 is 92.1 Å². The molecule has 0 atom stereocenters. The molecule has 0 aliphatic rings. The van der Waals surface area contributed by atoms with Gasteiger partial charge in [-0.15, -0.1) is 22.7 Å². The van der Waals surface area contributed by atoms with E-state index in [4.69, 9.17) is 9.40 Å². The standard InChI is InChI=1S/C43H26N2OS2/c1-3-10-27(11-4-1)28-18-20-30(21-19-28)45(36-16-9-15-33-32-14-7-8-17-37(32)46-41(33)36)31-22-23-34-39(26-31)47-38-25-24-35-42(40(34)38)48-43(44-35)29-12-5-2-6-13-29/h1-26H. The molecule has 0 saturated carbocycles. The topological polar surface area (TPSA) is 29.3 Å². The maximum absolute atomic E-state index is 6.58. The Kier molecular flexibility index (Phi) is 6.22. The zero-order valence-electron chi connectivity index (χ0n) is 25.6. The Labute approximate surface area is 284 Å². The molecule has 0 amide bonds. The minimum absolute atomic E-state index is 0.877. The first-order valence-corrected chi connectivity index (χ1v) is 17.6. The molecule has 5 heteroatoms. The van der Waals surface area contributed by atoms with Crippen molar-refractivity contribution in [2.45, 2.75) is 0 Å². The van der Waals surface area contributed by atoms with Crippen LogP contribution in [-0.2, 0) is 0 Å². The second kappa shape index (κ2) is 10.9. The average Bonchev–Trinajstić information content (AvgIpc) is 3.86. The van der Waals surface area contributed by atoms with Gasteiger partial charge in [-0.1, -0.05) is 109 Å². The van der Waals surface area contributed by atoms with Crippen LogP contribution in [0.1, 0.15) is 0 Å². The van der Waals surface area contributed by atoms with Gasteiger partial charge in [0.2, 0.25) is 0 Å². The summed E-state index contributed by atoms with van der Waals surface area (Å²) in [6.07, 6.45) is 0. The second-order valence-corrected chi connectivity index (χ2v) is 14.0. The van der Waals surface area contributed by atoms with E-state index in [1.807, 2.05) is 23.5 Å². The van der Waals surface area contributed by atoms with E-state index in [-0.39, 0.29) is 0 Å². The number of thiazole rings is 1. The lowest BCUT2D eigenvalue weighted by Gasteiger charge is -2.26. The summed E-state index contributed by atoms with van der Waals surface area (Å²) in [4.78, 5) is 7.36. The van der Waals surface area contributed by atoms with Crippen LogP contribution in [0.4, 0.5) is 17.1 Å². The predicted octanol–water partition coefficient (Wildman–Crippen LogP) is 13.4.